The molecule has 0 N–H and O–H groups in total. The van der Waals surface area contributed by atoms with Gasteiger partial charge >= 0.3 is 7.60 Å². The quantitative estimate of drug-likeness (QED) is 0.368. The molecule has 0 aromatic heterocycles. The molecule has 0 saturated carbocycles. The molecule has 0 spiro atoms. The summed E-state index contributed by atoms with van der Waals surface area (Å²) in [5.74, 6) is -11.3. The minimum absolute atomic E-state index is 0.752. The molecule has 0 atom stereocenters. The van der Waals surface area contributed by atoms with E-state index in [-0.39, 0.29) is 0 Å². The summed E-state index contributed by atoms with van der Waals surface area (Å²) in [6.07, 6.45) is 0. The summed E-state index contributed by atoms with van der Waals surface area (Å²) in [4.78, 5) is 0. The number of rotatable bonds is 3. The van der Waals surface area contributed by atoms with Gasteiger partial charge in [0, 0.05) is 14.2 Å². The zero-order valence-corrected chi connectivity index (χ0v) is 9.46. The Hall–Kier alpha value is -0.980. The Kier molecular flexibility index (Phi) is 3.91. The first-order valence-electron chi connectivity index (χ1n) is 4.03. The van der Waals surface area contributed by atoms with Crippen molar-refractivity contribution in [1.29, 1.82) is 0 Å². The van der Waals surface area contributed by atoms with E-state index in [0.717, 1.165) is 14.2 Å². The van der Waals surface area contributed by atoms with E-state index in [2.05, 4.69) is 9.05 Å². The monoisotopic (exact) mass is 276 g/mol. The minimum atomic E-state index is -4.58. The average Bonchev–Trinajstić information content (AvgIpc) is 2.33. The lowest BCUT2D eigenvalue weighted by molar-refractivity contribution is 0.283. The molecule has 0 saturated heterocycles. The summed E-state index contributed by atoms with van der Waals surface area (Å²) in [5, 5.41) is -1.61. The van der Waals surface area contributed by atoms with Crippen LogP contribution in [0.2, 0.25) is 0 Å². The fraction of sp³-hybridized carbons (Fsp3) is 0.250. The molecule has 0 aliphatic heterocycles. The molecule has 1 aromatic rings. The van der Waals surface area contributed by atoms with E-state index in [4.69, 9.17) is 0 Å². The first-order chi connectivity index (χ1) is 7.80. The molecule has 1 aromatic carbocycles. The Labute approximate surface area is 92.7 Å². The van der Waals surface area contributed by atoms with Crippen LogP contribution in [0, 0.1) is 29.1 Å². The smallest absolute Gasteiger partial charge is 0.308 e. The highest BCUT2D eigenvalue weighted by Gasteiger charge is 2.38. The van der Waals surface area contributed by atoms with E-state index in [9.17, 15) is 26.5 Å². The van der Waals surface area contributed by atoms with Crippen molar-refractivity contribution >= 4 is 12.9 Å². The second-order valence-corrected chi connectivity index (χ2v) is 4.95. The largest absolute Gasteiger partial charge is 0.366 e. The molecule has 0 radical (unpaired) electrons. The number of benzene rings is 1. The SMILES string of the molecule is COP(=O)(OC)c1c(F)c(F)c(F)c(F)c1F. The van der Waals surface area contributed by atoms with Crippen molar-refractivity contribution in [1.82, 2.24) is 0 Å². The van der Waals surface area contributed by atoms with Gasteiger partial charge in [-0.15, -0.1) is 0 Å². The first-order valence-corrected chi connectivity index (χ1v) is 5.58. The fourth-order valence-electron chi connectivity index (χ4n) is 1.09. The molecule has 0 heterocycles. The van der Waals surface area contributed by atoms with Gasteiger partial charge in [0.25, 0.3) is 0 Å². The van der Waals surface area contributed by atoms with Crippen LogP contribution in [0.3, 0.4) is 0 Å². The molecule has 17 heavy (non-hydrogen) atoms. The minimum Gasteiger partial charge on any atom is -0.308 e. The molecular formula is C8H6F5O3P. The van der Waals surface area contributed by atoms with Gasteiger partial charge in [-0.2, -0.15) is 0 Å². The topological polar surface area (TPSA) is 35.5 Å². The highest BCUT2D eigenvalue weighted by Crippen LogP contribution is 2.47. The molecule has 3 nitrogen and oxygen atoms in total. The van der Waals surface area contributed by atoms with Gasteiger partial charge in [0.15, 0.2) is 23.3 Å². The van der Waals surface area contributed by atoms with Crippen LogP contribution in [0.15, 0.2) is 0 Å². The molecule has 0 bridgehead atoms. The summed E-state index contributed by atoms with van der Waals surface area (Å²) in [5.41, 5.74) is 0. The van der Waals surface area contributed by atoms with E-state index >= 15 is 0 Å². The molecule has 0 amide bonds. The molecule has 9 heteroatoms. The van der Waals surface area contributed by atoms with Gasteiger partial charge in [-0.25, -0.2) is 22.0 Å². The van der Waals surface area contributed by atoms with Crippen LogP contribution in [0.5, 0.6) is 0 Å². The van der Waals surface area contributed by atoms with Crippen LogP contribution >= 0.6 is 7.60 Å². The molecule has 0 aliphatic rings. The van der Waals surface area contributed by atoms with Crippen molar-refractivity contribution < 1.29 is 35.6 Å². The fourth-order valence-corrected chi connectivity index (χ4v) is 2.28. The zero-order valence-electron chi connectivity index (χ0n) is 8.56. The van der Waals surface area contributed by atoms with Crippen molar-refractivity contribution in [2.24, 2.45) is 0 Å². The molecule has 0 fully saturated rings. The average molecular weight is 276 g/mol. The summed E-state index contributed by atoms with van der Waals surface area (Å²) < 4.78 is 84.8. The van der Waals surface area contributed by atoms with Crippen LogP contribution in [0.1, 0.15) is 0 Å². The van der Waals surface area contributed by atoms with Gasteiger partial charge in [-0.3, -0.25) is 4.57 Å². The van der Waals surface area contributed by atoms with Gasteiger partial charge in [-0.1, -0.05) is 0 Å². The normalized spacial score (nSPS) is 11.9. The maximum atomic E-state index is 13.2. The van der Waals surface area contributed by atoms with Crippen LogP contribution < -0.4 is 5.30 Å². The molecule has 1 rings (SSSR count). The van der Waals surface area contributed by atoms with Gasteiger partial charge in [-0.05, 0) is 0 Å². The van der Waals surface area contributed by atoms with Crippen molar-refractivity contribution in [2.75, 3.05) is 14.2 Å². The molecule has 0 aliphatic carbocycles. The summed E-state index contributed by atoms with van der Waals surface area (Å²) in [6, 6.07) is 0. The lowest BCUT2D eigenvalue weighted by Crippen LogP contribution is -2.22. The highest BCUT2D eigenvalue weighted by molar-refractivity contribution is 7.62. The number of hydrogen-bond acceptors (Lipinski definition) is 3. The Morgan fingerprint density at radius 2 is 1.06 bits per heavy atom. The standard InChI is InChI=1S/C8H6F5O3P/c1-15-17(14,16-2)8-6(12)4(10)3(9)5(11)7(8)13/h1-2H3. The second-order valence-electron chi connectivity index (χ2n) is 2.78. The molecule has 0 unspecified atom stereocenters. The Morgan fingerprint density at radius 1 is 0.765 bits per heavy atom. The Balaban J connectivity index is 3.72. The van der Waals surface area contributed by atoms with Crippen molar-refractivity contribution in [3.8, 4) is 0 Å². The lowest BCUT2D eigenvalue weighted by Gasteiger charge is -2.15. The highest BCUT2D eigenvalue weighted by atomic mass is 31.2. The van der Waals surface area contributed by atoms with E-state index in [1.807, 2.05) is 0 Å². The van der Waals surface area contributed by atoms with Gasteiger partial charge in [0.05, 0.1) is 0 Å². The third kappa shape index (κ3) is 2.08. The van der Waals surface area contributed by atoms with Crippen LogP contribution in [0.4, 0.5) is 22.0 Å². The second kappa shape index (κ2) is 4.72. The maximum absolute atomic E-state index is 13.2. The predicted molar refractivity (Wildman–Crippen MR) is 47.5 cm³/mol. The number of halogens is 5. The Bertz CT molecular complexity index is 467. The zero-order chi connectivity index (χ0) is 13.4. The number of hydrogen-bond donors (Lipinski definition) is 0. The summed E-state index contributed by atoms with van der Waals surface area (Å²) in [7, 11) is -3.07. The van der Waals surface area contributed by atoms with Crippen LogP contribution in [-0.4, -0.2) is 14.2 Å². The summed E-state index contributed by atoms with van der Waals surface area (Å²) >= 11 is 0. The lowest BCUT2D eigenvalue weighted by atomic mass is 10.3. The van der Waals surface area contributed by atoms with Crippen molar-refractivity contribution in [3.05, 3.63) is 29.1 Å². The van der Waals surface area contributed by atoms with Gasteiger partial charge in [0.2, 0.25) is 5.82 Å². The van der Waals surface area contributed by atoms with E-state index in [0.29, 0.717) is 0 Å². The van der Waals surface area contributed by atoms with E-state index in [1.165, 1.54) is 0 Å². The molecule has 96 valence electrons. The van der Waals surface area contributed by atoms with Gasteiger partial charge in [0.1, 0.15) is 5.30 Å². The Morgan fingerprint density at radius 3 is 1.35 bits per heavy atom. The van der Waals surface area contributed by atoms with E-state index < -0.39 is 42.0 Å². The van der Waals surface area contributed by atoms with Crippen molar-refractivity contribution in [3.63, 3.8) is 0 Å². The predicted octanol–water partition coefficient (Wildman–Crippen LogP) is 2.49. The first kappa shape index (κ1) is 14.1. The van der Waals surface area contributed by atoms with Crippen LogP contribution in [-0.2, 0) is 13.6 Å². The third-order valence-electron chi connectivity index (χ3n) is 1.94. The van der Waals surface area contributed by atoms with E-state index in [1.54, 1.807) is 0 Å². The van der Waals surface area contributed by atoms with Crippen LogP contribution in [0.25, 0.3) is 0 Å². The molecular weight excluding hydrogens is 270 g/mol. The maximum Gasteiger partial charge on any atom is 0.366 e. The van der Waals surface area contributed by atoms with Crippen molar-refractivity contribution in [2.45, 2.75) is 0 Å². The third-order valence-corrected chi connectivity index (χ3v) is 3.84. The van der Waals surface area contributed by atoms with Gasteiger partial charge < -0.3 is 9.05 Å². The summed E-state index contributed by atoms with van der Waals surface area (Å²) in [6.45, 7) is 0.